The summed E-state index contributed by atoms with van der Waals surface area (Å²) in [6.45, 7) is 2.66. The van der Waals surface area contributed by atoms with Crippen molar-refractivity contribution in [2.45, 2.75) is 13.5 Å². The van der Waals surface area contributed by atoms with Crippen molar-refractivity contribution in [3.63, 3.8) is 0 Å². The monoisotopic (exact) mass is 404 g/mol. The molecule has 3 rings (SSSR count). The summed E-state index contributed by atoms with van der Waals surface area (Å²) in [5, 5.41) is 2.33. The molecule has 106 valence electrons. The van der Waals surface area contributed by atoms with Gasteiger partial charge in [-0.3, -0.25) is 0 Å². The van der Waals surface area contributed by atoms with E-state index in [1.54, 1.807) is 0 Å². The number of hydrogen-bond donors (Lipinski definition) is 0. The second-order valence-electron chi connectivity index (χ2n) is 5.02. The molecule has 1 nitrogen and oxygen atoms in total. The van der Waals surface area contributed by atoms with Gasteiger partial charge in [-0.05, 0) is 57.4 Å². The lowest BCUT2D eigenvalue weighted by atomic mass is 10.1. The Kier molecular flexibility index (Phi) is 4.32. The van der Waals surface area contributed by atoms with Gasteiger partial charge in [-0.25, -0.2) is 0 Å². The molecule has 0 unspecified atom stereocenters. The SMILES string of the molecule is Cc1ccc(COc2ccc3cc(Br)ccc3c2Br)cc1. The molecule has 0 radical (unpaired) electrons. The van der Waals surface area contributed by atoms with E-state index in [-0.39, 0.29) is 0 Å². The first-order valence-electron chi connectivity index (χ1n) is 6.69. The quantitative estimate of drug-likeness (QED) is 0.500. The van der Waals surface area contributed by atoms with Gasteiger partial charge < -0.3 is 4.74 Å². The van der Waals surface area contributed by atoms with Gasteiger partial charge in [0, 0.05) is 4.47 Å². The van der Waals surface area contributed by atoms with Crippen molar-refractivity contribution in [1.29, 1.82) is 0 Å². The molecule has 0 aliphatic carbocycles. The molecule has 0 aliphatic rings. The molecular weight excluding hydrogens is 392 g/mol. The van der Waals surface area contributed by atoms with Gasteiger partial charge in [0.05, 0.1) is 4.47 Å². The minimum Gasteiger partial charge on any atom is -0.488 e. The number of halogens is 2. The molecular formula is C18H14Br2O. The molecule has 0 amide bonds. The van der Waals surface area contributed by atoms with Gasteiger partial charge in [0.25, 0.3) is 0 Å². The Morgan fingerprint density at radius 3 is 2.43 bits per heavy atom. The lowest BCUT2D eigenvalue weighted by molar-refractivity contribution is 0.305. The number of rotatable bonds is 3. The van der Waals surface area contributed by atoms with E-state index in [0.29, 0.717) is 6.61 Å². The van der Waals surface area contributed by atoms with E-state index in [4.69, 9.17) is 4.74 Å². The molecule has 3 aromatic rings. The average molecular weight is 406 g/mol. The van der Waals surface area contributed by atoms with Gasteiger partial charge in [-0.2, -0.15) is 0 Å². The first-order chi connectivity index (χ1) is 10.1. The van der Waals surface area contributed by atoms with Crippen LogP contribution in [0.4, 0.5) is 0 Å². The summed E-state index contributed by atoms with van der Waals surface area (Å²) in [7, 11) is 0. The zero-order valence-corrected chi connectivity index (χ0v) is 14.7. The highest BCUT2D eigenvalue weighted by Crippen LogP contribution is 2.34. The third-order valence-corrected chi connectivity index (χ3v) is 4.71. The largest absolute Gasteiger partial charge is 0.488 e. The molecule has 0 N–H and O–H groups in total. The molecule has 3 aromatic carbocycles. The summed E-state index contributed by atoms with van der Waals surface area (Å²) in [6, 6.07) is 18.7. The van der Waals surface area contributed by atoms with E-state index < -0.39 is 0 Å². The molecule has 0 saturated heterocycles. The van der Waals surface area contributed by atoms with E-state index in [1.165, 1.54) is 16.5 Å². The minimum absolute atomic E-state index is 0.570. The molecule has 0 aliphatic heterocycles. The number of ether oxygens (including phenoxy) is 1. The van der Waals surface area contributed by atoms with Crippen molar-refractivity contribution in [3.05, 3.63) is 74.7 Å². The number of hydrogen-bond acceptors (Lipinski definition) is 1. The topological polar surface area (TPSA) is 9.23 Å². The molecule has 0 atom stereocenters. The predicted octanol–water partition coefficient (Wildman–Crippen LogP) is 6.25. The van der Waals surface area contributed by atoms with Crippen LogP contribution in [0.15, 0.2) is 63.5 Å². The fourth-order valence-electron chi connectivity index (χ4n) is 2.20. The summed E-state index contributed by atoms with van der Waals surface area (Å²) < 4.78 is 8.02. The van der Waals surface area contributed by atoms with Crippen LogP contribution < -0.4 is 4.74 Å². The van der Waals surface area contributed by atoms with Gasteiger partial charge in [0.2, 0.25) is 0 Å². The Morgan fingerprint density at radius 2 is 1.67 bits per heavy atom. The van der Waals surface area contributed by atoms with Crippen molar-refractivity contribution in [2.75, 3.05) is 0 Å². The summed E-state index contributed by atoms with van der Waals surface area (Å²) in [5.41, 5.74) is 2.43. The first kappa shape index (κ1) is 14.6. The molecule has 0 aromatic heterocycles. The second-order valence-corrected chi connectivity index (χ2v) is 6.73. The standard InChI is InChI=1S/C18H14Br2O/c1-12-2-4-13(5-3-12)11-21-17-9-6-14-10-15(19)7-8-16(14)18(17)20/h2-10H,11H2,1H3. The average Bonchev–Trinajstić information content (AvgIpc) is 2.48. The first-order valence-corrected chi connectivity index (χ1v) is 8.28. The van der Waals surface area contributed by atoms with E-state index >= 15 is 0 Å². The smallest absolute Gasteiger partial charge is 0.134 e. The fourth-order valence-corrected chi connectivity index (χ4v) is 3.19. The molecule has 0 saturated carbocycles. The Balaban J connectivity index is 1.85. The van der Waals surface area contributed by atoms with E-state index in [0.717, 1.165) is 20.1 Å². The lowest BCUT2D eigenvalue weighted by Gasteiger charge is -2.11. The maximum Gasteiger partial charge on any atom is 0.134 e. The van der Waals surface area contributed by atoms with E-state index in [9.17, 15) is 0 Å². The third kappa shape index (κ3) is 3.30. The van der Waals surface area contributed by atoms with Crippen molar-refractivity contribution in [2.24, 2.45) is 0 Å². The normalized spacial score (nSPS) is 10.8. The van der Waals surface area contributed by atoms with Crippen LogP contribution in [0.2, 0.25) is 0 Å². The van der Waals surface area contributed by atoms with Gasteiger partial charge in [-0.15, -0.1) is 0 Å². The fraction of sp³-hybridized carbons (Fsp3) is 0.111. The summed E-state index contributed by atoms with van der Waals surface area (Å²) in [4.78, 5) is 0. The molecule has 3 heteroatoms. The van der Waals surface area contributed by atoms with Crippen LogP contribution in [-0.4, -0.2) is 0 Å². The Labute approximate surface area is 141 Å². The Morgan fingerprint density at radius 1 is 0.905 bits per heavy atom. The maximum atomic E-state index is 5.94. The van der Waals surface area contributed by atoms with E-state index in [1.807, 2.05) is 12.1 Å². The maximum absolute atomic E-state index is 5.94. The van der Waals surface area contributed by atoms with Crippen molar-refractivity contribution in [1.82, 2.24) is 0 Å². The molecule has 0 bridgehead atoms. The van der Waals surface area contributed by atoms with Gasteiger partial charge in [-0.1, -0.05) is 57.9 Å². The highest BCUT2D eigenvalue weighted by atomic mass is 79.9. The second kappa shape index (κ2) is 6.20. The van der Waals surface area contributed by atoms with Crippen LogP contribution in [-0.2, 0) is 6.61 Å². The molecule has 0 spiro atoms. The summed E-state index contributed by atoms with van der Waals surface area (Å²) in [6.07, 6.45) is 0. The lowest BCUT2D eigenvalue weighted by Crippen LogP contribution is -1.96. The summed E-state index contributed by atoms with van der Waals surface area (Å²) >= 11 is 7.15. The van der Waals surface area contributed by atoms with Crippen LogP contribution in [0.3, 0.4) is 0 Å². The Bertz CT molecular complexity index is 779. The Hall–Kier alpha value is -1.32. The van der Waals surface area contributed by atoms with Crippen molar-refractivity contribution >= 4 is 42.6 Å². The molecule has 0 heterocycles. The third-order valence-electron chi connectivity index (χ3n) is 3.40. The van der Waals surface area contributed by atoms with Gasteiger partial charge >= 0.3 is 0 Å². The highest BCUT2D eigenvalue weighted by Gasteiger charge is 2.07. The minimum atomic E-state index is 0.570. The van der Waals surface area contributed by atoms with Gasteiger partial charge in [0.1, 0.15) is 12.4 Å². The van der Waals surface area contributed by atoms with Crippen LogP contribution in [0, 0.1) is 6.92 Å². The number of aryl methyl sites for hydroxylation is 1. The van der Waals surface area contributed by atoms with Crippen LogP contribution >= 0.6 is 31.9 Å². The zero-order chi connectivity index (χ0) is 14.8. The van der Waals surface area contributed by atoms with Crippen molar-refractivity contribution < 1.29 is 4.74 Å². The molecule has 0 fully saturated rings. The number of benzene rings is 3. The van der Waals surface area contributed by atoms with Crippen LogP contribution in [0.25, 0.3) is 10.8 Å². The van der Waals surface area contributed by atoms with Crippen LogP contribution in [0.5, 0.6) is 5.75 Å². The molecule has 21 heavy (non-hydrogen) atoms. The number of fused-ring (bicyclic) bond motifs is 1. The van der Waals surface area contributed by atoms with E-state index in [2.05, 4.69) is 81.2 Å². The zero-order valence-electron chi connectivity index (χ0n) is 11.6. The van der Waals surface area contributed by atoms with Crippen molar-refractivity contribution in [3.8, 4) is 5.75 Å². The summed E-state index contributed by atoms with van der Waals surface area (Å²) in [5.74, 6) is 0.866. The highest BCUT2D eigenvalue weighted by molar-refractivity contribution is 9.11. The predicted molar refractivity (Wildman–Crippen MR) is 94.9 cm³/mol. The van der Waals surface area contributed by atoms with Gasteiger partial charge in [0.15, 0.2) is 0 Å². The van der Waals surface area contributed by atoms with Crippen LogP contribution in [0.1, 0.15) is 11.1 Å².